The number of hydrogen-bond acceptors (Lipinski definition) is 4. The summed E-state index contributed by atoms with van der Waals surface area (Å²) in [6, 6.07) is 8.36. The van der Waals surface area contributed by atoms with Crippen LogP contribution in [0.5, 0.6) is 0 Å². The summed E-state index contributed by atoms with van der Waals surface area (Å²) in [5, 5.41) is 4.30. The molecule has 0 N–H and O–H groups in total. The third-order valence-corrected chi connectivity index (χ3v) is 5.34. The Bertz CT molecular complexity index is 961. The van der Waals surface area contributed by atoms with Gasteiger partial charge in [-0.05, 0) is 37.1 Å². The molecule has 9 heteroatoms. The summed E-state index contributed by atoms with van der Waals surface area (Å²) < 4.78 is 40.0. The van der Waals surface area contributed by atoms with Gasteiger partial charge in [0, 0.05) is 43.9 Å². The van der Waals surface area contributed by atoms with Crippen molar-refractivity contribution >= 4 is 11.6 Å². The first-order valence-electron chi connectivity index (χ1n) is 9.59. The molecule has 6 nitrogen and oxygen atoms in total. The fourth-order valence-electron chi connectivity index (χ4n) is 3.50. The molecule has 2 heterocycles. The molecule has 29 heavy (non-hydrogen) atoms. The van der Waals surface area contributed by atoms with Crippen LogP contribution in [0.25, 0.3) is 0 Å². The molecule has 0 radical (unpaired) electrons. The highest BCUT2D eigenvalue weighted by molar-refractivity contribution is 5.76. The molecule has 0 unspecified atom stereocenters. The maximum atomic E-state index is 12.9. The topological polar surface area (TPSA) is 58.4 Å². The van der Waals surface area contributed by atoms with Gasteiger partial charge in [-0.3, -0.25) is 9.59 Å². The van der Waals surface area contributed by atoms with Gasteiger partial charge in [-0.1, -0.05) is 6.07 Å². The maximum Gasteiger partial charge on any atom is 0.416 e. The molecular weight excluding hydrogens is 385 g/mol. The van der Waals surface area contributed by atoms with E-state index in [1.807, 2.05) is 4.90 Å². The zero-order valence-electron chi connectivity index (χ0n) is 15.7. The fourth-order valence-corrected chi connectivity index (χ4v) is 3.50. The summed E-state index contributed by atoms with van der Waals surface area (Å²) in [4.78, 5) is 28.1. The maximum absolute atomic E-state index is 12.9. The molecule has 2 fully saturated rings. The van der Waals surface area contributed by atoms with Gasteiger partial charge in [0.2, 0.25) is 5.91 Å². The number of piperazine rings is 1. The molecule has 1 saturated heterocycles. The largest absolute Gasteiger partial charge is 0.416 e. The SMILES string of the molecule is O=C(Cn1nc(C2CC2)ccc1=O)N1CCN(c2cccc(C(F)(F)F)c2)CC1. The van der Waals surface area contributed by atoms with Gasteiger partial charge in [0.1, 0.15) is 6.54 Å². The van der Waals surface area contributed by atoms with Crippen molar-refractivity contribution in [3.05, 3.63) is 58.0 Å². The number of rotatable bonds is 4. The Hall–Kier alpha value is -2.84. The minimum atomic E-state index is -4.39. The zero-order chi connectivity index (χ0) is 20.6. The van der Waals surface area contributed by atoms with Crippen LogP contribution in [0.15, 0.2) is 41.2 Å². The van der Waals surface area contributed by atoms with Gasteiger partial charge in [0.05, 0.1) is 11.3 Å². The van der Waals surface area contributed by atoms with Crippen LogP contribution in [0.1, 0.15) is 30.0 Å². The van der Waals surface area contributed by atoms with E-state index in [9.17, 15) is 22.8 Å². The molecule has 0 atom stereocenters. The van der Waals surface area contributed by atoms with Gasteiger partial charge in [-0.2, -0.15) is 18.3 Å². The summed E-state index contributed by atoms with van der Waals surface area (Å²) >= 11 is 0. The molecule has 0 bridgehead atoms. The molecular formula is C20H21F3N4O2. The quantitative estimate of drug-likeness (QED) is 0.783. The van der Waals surface area contributed by atoms with Crippen LogP contribution in [0.2, 0.25) is 0 Å². The first-order valence-corrected chi connectivity index (χ1v) is 9.59. The average molecular weight is 406 g/mol. The third-order valence-electron chi connectivity index (χ3n) is 5.34. The van der Waals surface area contributed by atoms with Crippen molar-refractivity contribution in [2.45, 2.75) is 31.5 Å². The van der Waals surface area contributed by atoms with Crippen LogP contribution < -0.4 is 10.5 Å². The molecule has 1 aromatic carbocycles. The second kappa shape index (κ2) is 7.53. The number of carbonyl (C=O) groups excluding carboxylic acids is 1. The van der Waals surface area contributed by atoms with E-state index in [-0.39, 0.29) is 18.0 Å². The van der Waals surface area contributed by atoms with Crippen molar-refractivity contribution in [3.8, 4) is 0 Å². The molecule has 0 spiro atoms. The third kappa shape index (κ3) is 4.44. The van der Waals surface area contributed by atoms with E-state index in [0.717, 1.165) is 30.7 Å². The van der Waals surface area contributed by atoms with E-state index in [0.29, 0.717) is 37.8 Å². The first-order chi connectivity index (χ1) is 13.8. The Labute approximate surface area is 165 Å². The Kier molecular flexibility index (Phi) is 5.06. The van der Waals surface area contributed by atoms with E-state index in [1.165, 1.54) is 16.8 Å². The summed E-state index contributed by atoms with van der Waals surface area (Å²) in [5.41, 5.74) is 0.327. The Morgan fingerprint density at radius 3 is 2.45 bits per heavy atom. The zero-order valence-corrected chi connectivity index (χ0v) is 15.7. The lowest BCUT2D eigenvalue weighted by Crippen LogP contribution is -2.50. The van der Waals surface area contributed by atoms with Crippen molar-refractivity contribution in [3.63, 3.8) is 0 Å². The van der Waals surface area contributed by atoms with Crippen molar-refractivity contribution in [2.75, 3.05) is 31.1 Å². The van der Waals surface area contributed by atoms with Gasteiger partial charge in [0.15, 0.2) is 0 Å². The standard InChI is InChI=1S/C20H21F3N4O2/c21-20(22,23)15-2-1-3-16(12-15)25-8-10-26(11-9-25)19(29)13-27-18(28)7-6-17(24-27)14-4-5-14/h1-3,6-7,12,14H,4-5,8-11,13H2. The number of carbonyl (C=O) groups is 1. The predicted octanol–water partition coefficient (Wildman–Crippen LogP) is 2.49. The summed E-state index contributed by atoms with van der Waals surface area (Å²) in [7, 11) is 0. The Morgan fingerprint density at radius 2 is 1.79 bits per heavy atom. The molecule has 1 aromatic heterocycles. The lowest BCUT2D eigenvalue weighted by Gasteiger charge is -2.36. The number of benzene rings is 1. The number of nitrogens with zero attached hydrogens (tertiary/aromatic N) is 4. The van der Waals surface area contributed by atoms with Crippen molar-refractivity contribution < 1.29 is 18.0 Å². The van der Waals surface area contributed by atoms with Gasteiger partial charge in [-0.25, -0.2) is 4.68 Å². The highest BCUT2D eigenvalue weighted by atomic mass is 19.4. The summed E-state index contributed by atoms with van der Waals surface area (Å²) in [6.45, 7) is 1.50. The monoisotopic (exact) mass is 406 g/mol. The minimum absolute atomic E-state index is 0.122. The van der Waals surface area contributed by atoms with Gasteiger partial charge < -0.3 is 9.80 Å². The molecule has 154 valence electrons. The van der Waals surface area contributed by atoms with Gasteiger partial charge in [0.25, 0.3) is 5.56 Å². The minimum Gasteiger partial charge on any atom is -0.368 e. The number of aromatic nitrogens is 2. The fraction of sp³-hybridized carbons (Fsp3) is 0.450. The number of alkyl halides is 3. The molecule has 4 rings (SSSR count). The van der Waals surface area contributed by atoms with Crippen LogP contribution in [-0.4, -0.2) is 46.8 Å². The van der Waals surface area contributed by atoms with Crippen LogP contribution in [0.4, 0.5) is 18.9 Å². The smallest absolute Gasteiger partial charge is 0.368 e. The first kappa shape index (κ1) is 19.5. The highest BCUT2D eigenvalue weighted by Crippen LogP contribution is 2.38. The number of anilines is 1. The molecule has 1 aliphatic heterocycles. The summed E-state index contributed by atoms with van der Waals surface area (Å²) in [6.07, 6.45) is -2.28. The second-order valence-electron chi connectivity index (χ2n) is 7.44. The van der Waals surface area contributed by atoms with Crippen LogP contribution in [-0.2, 0) is 17.5 Å². The molecule has 1 amide bonds. The van der Waals surface area contributed by atoms with Crippen LogP contribution in [0.3, 0.4) is 0 Å². The normalized spacial score (nSPS) is 17.5. The second-order valence-corrected chi connectivity index (χ2v) is 7.44. The van der Waals surface area contributed by atoms with Crippen molar-refractivity contribution in [1.82, 2.24) is 14.7 Å². The van der Waals surface area contributed by atoms with E-state index in [2.05, 4.69) is 5.10 Å². The Balaban J connectivity index is 1.38. The van der Waals surface area contributed by atoms with E-state index in [4.69, 9.17) is 0 Å². The molecule has 1 saturated carbocycles. The lowest BCUT2D eigenvalue weighted by atomic mass is 10.1. The van der Waals surface area contributed by atoms with Gasteiger partial charge >= 0.3 is 6.18 Å². The number of amides is 1. The molecule has 1 aliphatic carbocycles. The van der Waals surface area contributed by atoms with E-state index >= 15 is 0 Å². The molecule has 2 aliphatic rings. The van der Waals surface area contributed by atoms with E-state index in [1.54, 1.807) is 17.0 Å². The van der Waals surface area contributed by atoms with E-state index < -0.39 is 11.7 Å². The summed E-state index contributed by atoms with van der Waals surface area (Å²) in [5.74, 6) is 0.171. The van der Waals surface area contributed by atoms with Gasteiger partial charge in [-0.15, -0.1) is 0 Å². The molecule has 2 aromatic rings. The predicted molar refractivity (Wildman–Crippen MR) is 101 cm³/mol. The number of halogens is 3. The lowest BCUT2D eigenvalue weighted by molar-refractivity contribution is -0.137. The number of hydrogen-bond donors (Lipinski definition) is 0. The highest BCUT2D eigenvalue weighted by Gasteiger charge is 2.31. The van der Waals surface area contributed by atoms with Crippen LogP contribution in [0, 0.1) is 0 Å². The van der Waals surface area contributed by atoms with Crippen molar-refractivity contribution in [1.29, 1.82) is 0 Å². The average Bonchev–Trinajstić information content (AvgIpc) is 3.54. The Morgan fingerprint density at radius 1 is 1.07 bits per heavy atom. The van der Waals surface area contributed by atoms with Crippen molar-refractivity contribution in [2.24, 2.45) is 0 Å². The van der Waals surface area contributed by atoms with Crippen LogP contribution >= 0.6 is 0 Å².